The molecule has 5 nitrogen and oxygen atoms in total. The topological polar surface area (TPSA) is 52.0 Å². The van der Waals surface area contributed by atoms with E-state index in [1.165, 1.54) is 5.56 Å². The minimum absolute atomic E-state index is 0.224. The van der Waals surface area contributed by atoms with Crippen molar-refractivity contribution in [3.8, 4) is 5.75 Å². The van der Waals surface area contributed by atoms with Gasteiger partial charge in [0.15, 0.2) is 6.10 Å². The lowest BCUT2D eigenvalue weighted by molar-refractivity contribution is 0.223. The van der Waals surface area contributed by atoms with E-state index in [0.717, 1.165) is 33.7 Å². The average Bonchev–Trinajstić information content (AvgIpc) is 3.27. The zero-order valence-electron chi connectivity index (χ0n) is 17.1. The quantitative estimate of drug-likeness (QED) is 0.373. The highest BCUT2D eigenvalue weighted by molar-refractivity contribution is 6.31. The van der Waals surface area contributed by atoms with E-state index in [-0.39, 0.29) is 6.04 Å². The third kappa shape index (κ3) is 3.00. The van der Waals surface area contributed by atoms with Crippen LogP contribution in [0.15, 0.2) is 78.6 Å². The predicted octanol–water partition coefficient (Wildman–Crippen LogP) is 6.45. The molecule has 3 heterocycles. The van der Waals surface area contributed by atoms with Crippen molar-refractivity contribution in [2.45, 2.75) is 19.1 Å². The number of nitrogens with one attached hydrogen (secondary N) is 1. The van der Waals surface area contributed by atoms with Gasteiger partial charge in [-0.25, -0.2) is 4.68 Å². The molecule has 0 saturated carbocycles. The lowest BCUT2D eigenvalue weighted by atomic mass is 9.84. The zero-order chi connectivity index (χ0) is 21.8. The zero-order valence-corrected chi connectivity index (χ0v) is 18.6. The van der Waals surface area contributed by atoms with Crippen molar-refractivity contribution in [3.05, 3.63) is 111 Å². The number of ether oxygens (including phenoxy) is 1. The molecule has 1 N–H and O–H groups in total. The molecule has 2 aliphatic rings. The number of hydrogen-bond donors (Lipinski definition) is 1. The summed E-state index contributed by atoms with van der Waals surface area (Å²) in [5, 5.41) is 9.31. The van der Waals surface area contributed by atoms with E-state index in [4.69, 9.17) is 27.9 Å². The van der Waals surface area contributed by atoms with E-state index in [9.17, 15) is 0 Å². The number of hydrogen-bond acceptors (Lipinski definition) is 4. The fraction of sp³-hybridized carbons (Fsp3) is 0.120. The molecule has 0 spiro atoms. The van der Waals surface area contributed by atoms with Gasteiger partial charge in [-0.1, -0.05) is 71.2 Å². The summed E-state index contributed by atoms with van der Waals surface area (Å²) in [4.78, 5) is 4.46. The van der Waals surface area contributed by atoms with Crippen molar-refractivity contribution in [2.24, 2.45) is 0 Å². The van der Waals surface area contributed by atoms with E-state index >= 15 is 0 Å². The van der Waals surface area contributed by atoms with Crippen molar-refractivity contribution in [1.82, 2.24) is 14.8 Å². The largest absolute Gasteiger partial charge is 0.480 e. The van der Waals surface area contributed by atoms with Crippen LogP contribution < -0.4 is 10.1 Å². The highest BCUT2D eigenvalue weighted by Gasteiger charge is 2.41. The molecule has 0 unspecified atom stereocenters. The standard InChI is InChI=1S/C25H18Cl2N4O/c1-14-6-8-15(9-7-14)23-21-22(30-25-28-13-29-31(23)25)18-12-16(26)10-11-20(18)32-24(21)17-4-2-3-5-19(17)27/h2-13,23-24H,1H3,(H,28,29,30)/t23-,24-/m0/s1. The van der Waals surface area contributed by atoms with E-state index in [1.807, 2.05) is 47.1 Å². The molecular weight excluding hydrogens is 443 g/mol. The molecule has 0 fully saturated rings. The van der Waals surface area contributed by atoms with Crippen LogP contribution in [0.25, 0.3) is 5.70 Å². The molecular formula is C25H18Cl2N4O. The van der Waals surface area contributed by atoms with Gasteiger partial charge in [0.25, 0.3) is 0 Å². The Morgan fingerprint density at radius 2 is 1.81 bits per heavy atom. The van der Waals surface area contributed by atoms with Gasteiger partial charge < -0.3 is 10.1 Å². The molecule has 4 aromatic rings. The summed E-state index contributed by atoms with van der Waals surface area (Å²) in [6.45, 7) is 2.08. The molecule has 0 bridgehead atoms. The van der Waals surface area contributed by atoms with E-state index in [0.29, 0.717) is 16.0 Å². The van der Waals surface area contributed by atoms with Gasteiger partial charge in [0.05, 0.1) is 5.70 Å². The predicted molar refractivity (Wildman–Crippen MR) is 126 cm³/mol. The number of aromatic nitrogens is 3. The summed E-state index contributed by atoms with van der Waals surface area (Å²) < 4.78 is 8.48. The smallest absolute Gasteiger partial charge is 0.226 e. The van der Waals surface area contributed by atoms with Crippen LogP contribution in [0.1, 0.15) is 34.4 Å². The van der Waals surface area contributed by atoms with Crippen LogP contribution in [-0.2, 0) is 0 Å². The van der Waals surface area contributed by atoms with Crippen LogP contribution in [0.3, 0.4) is 0 Å². The second-order valence-corrected chi connectivity index (χ2v) is 8.80. The first-order valence-electron chi connectivity index (χ1n) is 10.3. The maximum Gasteiger partial charge on any atom is 0.226 e. The Balaban J connectivity index is 1.65. The van der Waals surface area contributed by atoms with Crippen LogP contribution >= 0.6 is 23.2 Å². The Bertz CT molecular complexity index is 1380. The number of halogens is 2. The van der Waals surface area contributed by atoms with Gasteiger partial charge in [-0.15, -0.1) is 0 Å². The molecule has 3 aromatic carbocycles. The molecule has 32 heavy (non-hydrogen) atoms. The Labute approximate surface area is 195 Å². The lowest BCUT2D eigenvalue weighted by Gasteiger charge is -2.39. The second kappa shape index (κ2) is 7.40. The fourth-order valence-electron chi connectivity index (χ4n) is 4.46. The highest BCUT2D eigenvalue weighted by Crippen LogP contribution is 2.51. The summed E-state index contributed by atoms with van der Waals surface area (Å²) in [6, 6.07) is 21.7. The molecule has 2 atom stereocenters. The second-order valence-electron chi connectivity index (χ2n) is 7.96. The fourth-order valence-corrected chi connectivity index (χ4v) is 4.86. The molecule has 158 valence electrons. The molecule has 6 rings (SSSR count). The minimum Gasteiger partial charge on any atom is -0.480 e. The first-order valence-corrected chi connectivity index (χ1v) is 11.0. The molecule has 0 radical (unpaired) electrons. The minimum atomic E-state index is -0.413. The van der Waals surface area contributed by atoms with Crippen molar-refractivity contribution < 1.29 is 4.74 Å². The highest BCUT2D eigenvalue weighted by atomic mass is 35.5. The van der Waals surface area contributed by atoms with Crippen LogP contribution in [0, 0.1) is 6.92 Å². The van der Waals surface area contributed by atoms with Crippen LogP contribution in [0.4, 0.5) is 5.95 Å². The Morgan fingerprint density at radius 3 is 2.62 bits per heavy atom. The lowest BCUT2D eigenvalue weighted by Crippen LogP contribution is -2.32. The van der Waals surface area contributed by atoms with Crippen molar-refractivity contribution in [3.63, 3.8) is 0 Å². The summed E-state index contributed by atoms with van der Waals surface area (Å²) in [5.74, 6) is 1.40. The van der Waals surface area contributed by atoms with Crippen molar-refractivity contribution >= 4 is 34.8 Å². The third-order valence-corrected chi connectivity index (χ3v) is 6.54. The van der Waals surface area contributed by atoms with Gasteiger partial charge >= 0.3 is 0 Å². The van der Waals surface area contributed by atoms with Gasteiger partial charge in [0, 0.05) is 26.7 Å². The van der Waals surface area contributed by atoms with Crippen LogP contribution in [0.2, 0.25) is 10.0 Å². The number of fused-ring (bicyclic) bond motifs is 3. The van der Waals surface area contributed by atoms with Crippen molar-refractivity contribution in [1.29, 1.82) is 0 Å². The number of aryl methyl sites for hydroxylation is 1. The van der Waals surface area contributed by atoms with Gasteiger partial charge in [-0.3, -0.25) is 0 Å². The van der Waals surface area contributed by atoms with E-state index in [2.05, 4.69) is 46.6 Å². The third-order valence-electron chi connectivity index (χ3n) is 5.96. The number of rotatable bonds is 2. The van der Waals surface area contributed by atoms with Gasteiger partial charge in [0.1, 0.15) is 18.1 Å². The Hall–Kier alpha value is -3.28. The molecule has 2 aliphatic heterocycles. The van der Waals surface area contributed by atoms with Gasteiger partial charge in [0.2, 0.25) is 5.95 Å². The first kappa shape index (κ1) is 19.4. The molecule has 7 heteroatoms. The average molecular weight is 461 g/mol. The van der Waals surface area contributed by atoms with Crippen LogP contribution in [-0.4, -0.2) is 14.8 Å². The van der Waals surface area contributed by atoms with Gasteiger partial charge in [-0.05, 0) is 36.8 Å². The van der Waals surface area contributed by atoms with Crippen molar-refractivity contribution in [2.75, 3.05) is 5.32 Å². The number of nitrogens with zero attached hydrogens (tertiary/aromatic N) is 3. The normalized spacial score (nSPS) is 18.8. The summed E-state index contributed by atoms with van der Waals surface area (Å²) in [7, 11) is 0. The molecule has 0 aliphatic carbocycles. The maximum absolute atomic E-state index is 6.66. The first-order chi connectivity index (χ1) is 15.6. The Morgan fingerprint density at radius 1 is 1.00 bits per heavy atom. The number of benzene rings is 3. The van der Waals surface area contributed by atoms with Crippen LogP contribution in [0.5, 0.6) is 5.75 Å². The van der Waals surface area contributed by atoms with E-state index in [1.54, 1.807) is 6.33 Å². The Kier molecular flexibility index (Phi) is 4.49. The molecule has 1 aromatic heterocycles. The van der Waals surface area contributed by atoms with E-state index < -0.39 is 6.10 Å². The monoisotopic (exact) mass is 460 g/mol. The molecule has 0 amide bonds. The summed E-state index contributed by atoms with van der Waals surface area (Å²) >= 11 is 13.0. The number of anilines is 1. The summed E-state index contributed by atoms with van der Waals surface area (Å²) in [5.41, 5.74) is 5.99. The summed E-state index contributed by atoms with van der Waals surface area (Å²) in [6.07, 6.45) is 1.15. The van der Waals surface area contributed by atoms with Gasteiger partial charge in [-0.2, -0.15) is 10.1 Å². The molecule has 0 saturated heterocycles. The maximum atomic E-state index is 6.66. The SMILES string of the molecule is Cc1ccc([C@H]2C3=C(Nc4ncnn42)c2cc(Cl)ccc2O[C@H]3c2ccccc2Cl)cc1.